The van der Waals surface area contributed by atoms with Crippen molar-refractivity contribution in [3.8, 4) is 0 Å². The maximum atomic E-state index is 12.3. The summed E-state index contributed by atoms with van der Waals surface area (Å²) in [5.41, 5.74) is 3.04. The van der Waals surface area contributed by atoms with Gasteiger partial charge in [0, 0.05) is 12.0 Å². The average molecular weight is 301 g/mol. The van der Waals surface area contributed by atoms with E-state index in [2.05, 4.69) is 20.8 Å². The molecule has 0 aliphatic heterocycles. The molecule has 0 saturated heterocycles. The molecule has 0 fully saturated rings. The van der Waals surface area contributed by atoms with Crippen LogP contribution >= 0.6 is 11.6 Å². The highest BCUT2D eigenvalue weighted by Gasteiger charge is 2.17. The number of hydrogen-bond donors (Lipinski definition) is 0. The smallest absolute Gasteiger partial charge is 0.164 e. The number of alkyl halides is 1. The van der Waals surface area contributed by atoms with E-state index >= 15 is 0 Å². The van der Waals surface area contributed by atoms with Gasteiger partial charge in [0.1, 0.15) is 0 Å². The second-order valence-corrected chi connectivity index (χ2v) is 6.86. The molecular formula is C19H21ClO. The van der Waals surface area contributed by atoms with Crippen LogP contribution in [-0.4, -0.2) is 5.78 Å². The predicted octanol–water partition coefficient (Wildman–Crippen LogP) is 5.54. The van der Waals surface area contributed by atoms with Crippen LogP contribution in [0.4, 0.5) is 0 Å². The van der Waals surface area contributed by atoms with Crippen molar-refractivity contribution < 1.29 is 4.79 Å². The molecule has 1 atom stereocenters. The molecule has 0 heterocycles. The van der Waals surface area contributed by atoms with Gasteiger partial charge >= 0.3 is 0 Å². The van der Waals surface area contributed by atoms with Crippen molar-refractivity contribution in [3.05, 3.63) is 71.3 Å². The Kier molecular flexibility index (Phi) is 4.84. The van der Waals surface area contributed by atoms with Crippen LogP contribution in [0.5, 0.6) is 0 Å². The summed E-state index contributed by atoms with van der Waals surface area (Å²) in [7, 11) is 0. The minimum Gasteiger partial charge on any atom is -0.294 e. The molecule has 0 aliphatic rings. The van der Waals surface area contributed by atoms with E-state index in [9.17, 15) is 4.79 Å². The van der Waals surface area contributed by atoms with E-state index in [0.29, 0.717) is 6.42 Å². The first kappa shape index (κ1) is 15.8. The Balaban J connectivity index is 2.07. The molecule has 0 aliphatic carbocycles. The zero-order chi connectivity index (χ0) is 15.5. The van der Waals surface area contributed by atoms with Gasteiger partial charge < -0.3 is 0 Å². The third-order valence-corrected chi connectivity index (χ3v) is 4.01. The summed E-state index contributed by atoms with van der Waals surface area (Å²) < 4.78 is 0. The molecule has 0 spiro atoms. The molecule has 2 heteroatoms. The van der Waals surface area contributed by atoms with Gasteiger partial charge in [0.25, 0.3) is 0 Å². The third-order valence-electron chi connectivity index (χ3n) is 3.60. The second-order valence-electron chi connectivity index (χ2n) is 6.33. The van der Waals surface area contributed by atoms with E-state index in [0.717, 1.165) is 11.1 Å². The first-order valence-corrected chi connectivity index (χ1v) is 7.64. The number of ketones is 1. The number of carbonyl (C=O) groups is 1. The highest BCUT2D eigenvalue weighted by molar-refractivity contribution is 6.22. The first-order valence-electron chi connectivity index (χ1n) is 7.20. The summed E-state index contributed by atoms with van der Waals surface area (Å²) in [5.74, 6) is 0.0827. The lowest BCUT2D eigenvalue weighted by molar-refractivity contribution is 0.0981. The molecule has 0 bridgehead atoms. The number of rotatable bonds is 4. The van der Waals surface area contributed by atoms with Crippen LogP contribution in [0.25, 0.3) is 0 Å². The van der Waals surface area contributed by atoms with Gasteiger partial charge in [-0.15, -0.1) is 11.6 Å². The van der Waals surface area contributed by atoms with Crippen molar-refractivity contribution in [2.45, 2.75) is 38.0 Å². The largest absolute Gasteiger partial charge is 0.294 e. The Hall–Kier alpha value is -1.60. The van der Waals surface area contributed by atoms with E-state index in [1.807, 2.05) is 54.6 Å². The zero-order valence-electron chi connectivity index (χ0n) is 12.8. The van der Waals surface area contributed by atoms with Crippen LogP contribution in [0.15, 0.2) is 54.6 Å². The summed E-state index contributed by atoms with van der Waals surface area (Å²) in [4.78, 5) is 12.3. The van der Waals surface area contributed by atoms with Crippen LogP contribution in [0, 0.1) is 0 Å². The summed E-state index contributed by atoms with van der Waals surface area (Å²) in [6, 6.07) is 17.6. The van der Waals surface area contributed by atoms with Crippen LogP contribution in [0.1, 0.15) is 54.1 Å². The fourth-order valence-electron chi connectivity index (χ4n) is 2.22. The Morgan fingerprint density at radius 3 is 2.10 bits per heavy atom. The minimum absolute atomic E-state index is 0.0827. The molecular weight excluding hydrogens is 280 g/mol. The van der Waals surface area contributed by atoms with Gasteiger partial charge in [0.2, 0.25) is 0 Å². The number of benzene rings is 2. The van der Waals surface area contributed by atoms with Crippen molar-refractivity contribution in [1.29, 1.82) is 0 Å². The highest BCUT2D eigenvalue weighted by Crippen LogP contribution is 2.27. The van der Waals surface area contributed by atoms with E-state index in [1.54, 1.807) is 0 Å². The van der Waals surface area contributed by atoms with Gasteiger partial charge in [0.05, 0.1) is 5.38 Å². The van der Waals surface area contributed by atoms with Crippen molar-refractivity contribution in [1.82, 2.24) is 0 Å². The van der Waals surface area contributed by atoms with Gasteiger partial charge in [-0.25, -0.2) is 0 Å². The maximum Gasteiger partial charge on any atom is 0.164 e. The molecule has 0 saturated carbocycles. The zero-order valence-corrected chi connectivity index (χ0v) is 13.5. The Labute approximate surface area is 132 Å². The van der Waals surface area contributed by atoms with Crippen molar-refractivity contribution in [2.24, 2.45) is 0 Å². The Bertz CT molecular complexity index is 594. The molecule has 110 valence electrons. The normalized spacial score (nSPS) is 13.0. The van der Waals surface area contributed by atoms with Crippen molar-refractivity contribution >= 4 is 17.4 Å². The summed E-state index contributed by atoms with van der Waals surface area (Å²) in [5, 5.41) is -0.277. The second kappa shape index (κ2) is 6.44. The monoisotopic (exact) mass is 300 g/mol. The lowest BCUT2D eigenvalue weighted by atomic mass is 9.86. The fourth-order valence-corrected chi connectivity index (χ4v) is 2.50. The molecule has 2 aromatic rings. The van der Waals surface area contributed by atoms with Gasteiger partial charge in [-0.05, 0) is 16.5 Å². The molecule has 2 aromatic carbocycles. The summed E-state index contributed by atoms with van der Waals surface area (Å²) in [6.45, 7) is 6.48. The Morgan fingerprint density at radius 2 is 1.57 bits per heavy atom. The van der Waals surface area contributed by atoms with Gasteiger partial charge in [-0.2, -0.15) is 0 Å². The highest BCUT2D eigenvalue weighted by atomic mass is 35.5. The lowest BCUT2D eigenvalue weighted by Crippen LogP contribution is -2.11. The molecule has 21 heavy (non-hydrogen) atoms. The fraction of sp³-hybridized carbons (Fsp3) is 0.316. The van der Waals surface area contributed by atoms with Crippen molar-refractivity contribution in [2.75, 3.05) is 0 Å². The molecule has 2 rings (SSSR count). The molecule has 0 N–H and O–H groups in total. The molecule has 0 amide bonds. The Morgan fingerprint density at radius 1 is 1.00 bits per heavy atom. The average Bonchev–Trinajstić information content (AvgIpc) is 2.47. The van der Waals surface area contributed by atoms with Crippen molar-refractivity contribution in [3.63, 3.8) is 0 Å². The number of Topliss-reactive ketones (excluding diaryl/α,β-unsaturated/α-hetero) is 1. The van der Waals surface area contributed by atoms with E-state index in [-0.39, 0.29) is 16.6 Å². The topological polar surface area (TPSA) is 17.1 Å². The van der Waals surface area contributed by atoms with Crippen LogP contribution in [-0.2, 0) is 5.41 Å². The summed E-state index contributed by atoms with van der Waals surface area (Å²) >= 11 is 6.33. The minimum atomic E-state index is -0.277. The molecule has 1 nitrogen and oxygen atoms in total. The molecule has 0 radical (unpaired) electrons. The summed E-state index contributed by atoms with van der Waals surface area (Å²) in [6.07, 6.45) is 0.320. The van der Waals surface area contributed by atoms with Gasteiger partial charge in [0.15, 0.2) is 5.78 Å². The first-order chi connectivity index (χ1) is 9.88. The molecule has 0 unspecified atom stereocenters. The molecule has 0 aromatic heterocycles. The third kappa shape index (κ3) is 4.18. The van der Waals surface area contributed by atoms with Gasteiger partial charge in [-0.1, -0.05) is 75.4 Å². The standard InChI is InChI=1S/C19H21ClO/c1-19(2,3)16-11-9-15(10-12-16)18(21)13-17(20)14-7-5-4-6-8-14/h4-12,17H,13H2,1-3H3/t17-/m1/s1. The predicted molar refractivity (Wildman–Crippen MR) is 89.1 cm³/mol. The van der Waals surface area contributed by atoms with Gasteiger partial charge in [-0.3, -0.25) is 4.79 Å². The van der Waals surface area contributed by atoms with E-state index in [4.69, 9.17) is 11.6 Å². The number of hydrogen-bond acceptors (Lipinski definition) is 1. The maximum absolute atomic E-state index is 12.3. The van der Waals surface area contributed by atoms with E-state index in [1.165, 1.54) is 5.56 Å². The quantitative estimate of drug-likeness (QED) is 0.535. The lowest BCUT2D eigenvalue weighted by Gasteiger charge is -2.19. The number of halogens is 1. The van der Waals surface area contributed by atoms with E-state index < -0.39 is 0 Å². The van der Waals surface area contributed by atoms with Crippen LogP contribution in [0.2, 0.25) is 0 Å². The SMILES string of the molecule is CC(C)(C)c1ccc(C(=O)C[C@@H](Cl)c2ccccc2)cc1. The van der Waals surface area contributed by atoms with Crippen LogP contribution < -0.4 is 0 Å². The number of carbonyl (C=O) groups excluding carboxylic acids is 1. The van der Waals surface area contributed by atoms with Crippen LogP contribution in [0.3, 0.4) is 0 Å².